The fourth-order valence-corrected chi connectivity index (χ4v) is 3.23. The predicted molar refractivity (Wildman–Crippen MR) is 102 cm³/mol. The molecule has 0 saturated heterocycles. The highest BCUT2D eigenvalue weighted by Crippen LogP contribution is 2.23. The fourth-order valence-electron chi connectivity index (χ4n) is 3.23. The maximum absolute atomic E-state index is 12.9. The highest BCUT2D eigenvalue weighted by Gasteiger charge is 2.14. The van der Waals surface area contributed by atoms with E-state index < -0.39 is 0 Å². The summed E-state index contributed by atoms with van der Waals surface area (Å²) in [6.45, 7) is 5.82. The zero-order valence-corrected chi connectivity index (χ0v) is 15.2. The number of rotatable bonds is 2. The van der Waals surface area contributed by atoms with Crippen molar-refractivity contribution in [2.45, 2.75) is 20.8 Å². The van der Waals surface area contributed by atoms with E-state index in [1.807, 2.05) is 58.2 Å². The van der Waals surface area contributed by atoms with Crippen molar-refractivity contribution in [2.75, 3.05) is 5.32 Å². The van der Waals surface area contributed by atoms with E-state index in [1.54, 1.807) is 10.9 Å². The van der Waals surface area contributed by atoms with Gasteiger partial charge in [0.25, 0.3) is 5.91 Å². The summed E-state index contributed by atoms with van der Waals surface area (Å²) in [6.07, 6.45) is 1.66. The number of anilines is 1. The summed E-state index contributed by atoms with van der Waals surface area (Å²) in [4.78, 5) is 21.9. The minimum atomic E-state index is -0.172. The number of pyridine rings is 2. The average Bonchev–Trinajstić information content (AvgIpc) is 2.88. The molecule has 1 amide bonds. The molecule has 4 aromatic rings. The fraction of sp³-hybridized carbons (Fsp3) is 0.200. The Morgan fingerprint density at radius 2 is 1.88 bits per heavy atom. The molecule has 6 nitrogen and oxygen atoms in total. The molecule has 0 bridgehead atoms. The van der Waals surface area contributed by atoms with E-state index >= 15 is 0 Å². The Morgan fingerprint density at radius 1 is 1.08 bits per heavy atom. The van der Waals surface area contributed by atoms with E-state index in [9.17, 15) is 4.79 Å². The number of amides is 1. The second-order valence-corrected chi connectivity index (χ2v) is 6.59. The van der Waals surface area contributed by atoms with E-state index in [1.165, 1.54) is 0 Å². The summed E-state index contributed by atoms with van der Waals surface area (Å²) in [6, 6.07) is 9.66. The van der Waals surface area contributed by atoms with Gasteiger partial charge in [-0.3, -0.25) is 14.5 Å². The molecule has 130 valence electrons. The lowest BCUT2D eigenvalue weighted by Gasteiger charge is -2.10. The Labute approximate surface area is 150 Å². The number of nitrogens with zero attached hydrogens (tertiary/aromatic N) is 4. The quantitative estimate of drug-likeness (QED) is 0.601. The topological polar surface area (TPSA) is 72.7 Å². The lowest BCUT2D eigenvalue weighted by Crippen LogP contribution is -2.13. The van der Waals surface area contributed by atoms with Gasteiger partial charge in [0.2, 0.25) is 0 Å². The van der Waals surface area contributed by atoms with Crippen LogP contribution in [0.5, 0.6) is 0 Å². The van der Waals surface area contributed by atoms with Crippen LogP contribution in [0.3, 0.4) is 0 Å². The number of aryl methyl sites for hydroxylation is 4. The first-order chi connectivity index (χ1) is 12.4. The average molecular weight is 345 g/mol. The summed E-state index contributed by atoms with van der Waals surface area (Å²) in [7, 11) is 1.86. The molecule has 3 aromatic heterocycles. The standard InChI is InChI=1S/C20H19N5O/c1-11-5-6-18-16(7-11)17(8-12(2)22-18)20(26)23-14-9-15-13(3)24-25(4)19(15)21-10-14/h5-10H,1-4H3,(H,23,26). The van der Waals surface area contributed by atoms with Crippen LogP contribution in [0, 0.1) is 20.8 Å². The monoisotopic (exact) mass is 345 g/mol. The van der Waals surface area contributed by atoms with Gasteiger partial charge in [-0.2, -0.15) is 5.10 Å². The van der Waals surface area contributed by atoms with Crippen LogP contribution < -0.4 is 5.32 Å². The van der Waals surface area contributed by atoms with Crippen molar-refractivity contribution in [3.05, 3.63) is 59.0 Å². The van der Waals surface area contributed by atoms with Gasteiger partial charge < -0.3 is 5.32 Å². The Morgan fingerprint density at radius 3 is 2.69 bits per heavy atom. The summed E-state index contributed by atoms with van der Waals surface area (Å²) >= 11 is 0. The normalized spacial score (nSPS) is 11.2. The number of carbonyl (C=O) groups excluding carboxylic acids is 1. The van der Waals surface area contributed by atoms with Gasteiger partial charge in [0.05, 0.1) is 28.7 Å². The number of hydrogen-bond acceptors (Lipinski definition) is 4. The lowest BCUT2D eigenvalue weighted by atomic mass is 10.0. The van der Waals surface area contributed by atoms with E-state index in [0.29, 0.717) is 11.3 Å². The van der Waals surface area contributed by atoms with Crippen LogP contribution in [0.1, 0.15) is 27.3 Å². The third kappa shape index (κ3) is 2.69. The number of hydrogen-bond donors (Lipinski definition) is 1. The number of fused-ring (bicyclic) bond motifs is 2. The first kappa shape index (κ1) is 16.2. The molecule has 0 saturated carbocycles. The SMILES string of the molecule is Cc1ccc2nc(C)cc(C(=O)Nc3cnc4c(c3)c(C)nn4C)c2c1. The van der Waals surface area contributed by atoms with Gasteiger partial charge in [-0.1, -0.05) is 11.6 Å². The second-order valence-electron chi connectivity index (χ2n) is 6.59. The molecule has 0 aliphatic rings. The van der Waals surface area contributed by atoms with Crippen LogP contribution >= 0.6 is 0 Å². The smallest absolute Gasteiger partial charge is 0.256 e. The lowest BCUT2D eigenvalue weighted by molar-refractivity contribution is 0.102. The minimum absolute atomic E-state index is 0.172. The Hall–Kier alpha value is -3.28. The number of benzene rings is 1. The van der Waals surface area contributed by atoms with E-state index in [2.05, 4.69) is 20.4 Å². The Bertz CT molecular complexity index is 1180. The molecule has 3 heterocycles. The third-order valence-electron chi connectivity index (χ3n) is 4.46. The molecule has 4 rings (SSSR count). The van der Waals surface area contributed by atoms with Gasteiger partial charge in [0, 0.05) is 23.5 Å². The maximum atomic E-state index is 12.9. The van der Waals surface area contributed by atoms with Gasteiger partial charge in [-0.05, 0) is 45.0 Å². The highest BCUT2D eigenvalue weighted by atomic mass is 16.1. The number of carbonyl (C=O) groups is 1. The second kappa shape index (κ2) is 5.91. The van der Waals surface area contributed by atoms with Crippen LogP contribution in [0.15, 0.2) is 36.5 Å². The molecule has 6 heteroatoms. The zero-order valence-electron chi connectivity index (χ0n) is 15.2. The molecular weight excluding hydrogens is 326 g/mol. The maximum Gasteiger partial charge on any atom is 0.256 e. The number of nitrogens with one attached hydrogen (secondary N) is 1. The van der Waals surface area contributed by atoms with Crippen molar-refractivity contribution >= 4 is 33.5 Å². The van der Waals surface area contributed by atoms with Gasteiger partial charge in [0.1, 0.15) is 0 Å². The minimum Gasteiger partial charge on any atom is -0.321 e. The molecule has 26 heavy (non-hydrogen) atoms. The first-order valence-electron chi connectivity index (χ1n) is 8.41. The number of aromatic nitrogens is 4. The van der Waals surface area contributed by atoms with Crippen LogP contribution in [-0.2, 0) is 7.05 Å². The molecule has 0 spiro atoms. The summed E-state index contributed by atoms with van der Waals surface area (Å²) in [5.74, 6) is -0.172. The van der Waals surface area contributed by atoms with Crippen molar-refractivity contribution in [3.8, 4) is 0 Å². The molecule has 0 aliphatic heterocycles. The molecule has 0 atom stereocenters. The third-order valence-corrected chi connectivity index (χ3v) is 4.46. The van der Waals surface area contributed by atoms with Gasteiger partial charge >= 0.3 is 0 Å². The molecule has 0 aliphatic carbocycles. The van der Waals surface area contributed by atoms with Crippen LogP contribution in [0.4, 0.5) is 5.69 Å². The van der Waals surface area contributed by atoms with Crippen molar-refractivity contribution in [3.63, 3.8) is 0 Å². The van der Waals surface area contributed by atoms with E-state index in [0.717, 1.165) is 38.9 Å². The molecule has 0 unspecified atom stereocenters. The zero-order chi connectivity index (χ0) is 18.4. The molecule has 0 radical (unpaired) electrons. The molecule has 0 fully saturated rings. The summed E-state index contributed by atoms with van der Waals surface area (Å²) < 4.78 is 1.73. The van der Waals surface area contributed by atoms with Gasteiger partial charge in [0.15, 0.2) is 5.65 Å². The molecule has 1 N–H and O–H groups in total. The van der Waals surface area contributed by atoms with Crippen LogP contribution in [0.25, 0.3) is 21.9 Å². The Kier molecular flexibility index (Phi) is 3.68. The van der Waals surface area contributed by atoms with Crippen molar-refractivity contribution in [1.82, 2.24) is 19.7 Å². The van der Waals surface area contributed by atoms with Gasteiger partial charge in [-0.25, -0.2) is 4.98 Å². The van der Waals surface area contributed by atoms with E-state index in [-0.39, 0.29) is 5.91 Å². The highest BCUT2D eigenvalue weighted by molar-refractivity contribution is 6.12. The largest absolute Gasteiger partial charge is 0.321 e. The predicted octanol–water partition coefficient (Wildman–Crippen LogP) is 3.69. The molecule has 1 aromatic carbocycles. The summed E-state index contributed by atoms with van der Waals surface area (Å²) in [5, 5.41) is 9.10. The van der Waals surface area contributed by atoms with Crippen LogP contribution in [0.2, 0.25) is 0 Å². The van der Waals surface area contributed by atoms with Crippen molar-refractivity contribution in [1.29, 1.82) is 0 Å². The van der Waals surface area contributed by atoms with Crippen molar-refractivity contribution < 1.29 is 4.79 Å². The van der Waals surface area contributed by atoms with Gasteiger partial charge in [-0.15, -0.1) is 0 Å². The van der Waals surface area contributed by atoms with E-state index in [4.69, 9.17) is 0 Å². The van der Waals surface area contributed by atoms with Crippen molar-refractivity contribution in [2.24, 2.45) is 7.05 Å². The molecular formula is C20H19N5O. The van der Waals surface area contributed by atoms with Crippen LogP contribution in [-0.4, -0.2) is 25.7 Å². The first-order valence-corrected chi connectivity index (χ1v) is 8.41. The summed E-state index contributed by atoms with van der Waals surface area (Å²) in [5.41, 5.74) is 5.65. The Balaban J connectivity index is 1.76.